The van der Waals surface area contributed by atoms with Gasteiger partial charge in [0.15, 0.2) is 0 Å². The Morgan fingerprint density at radius 2 is 1.36 bits per heavy atom. The number of ether oxygens (including phenoxy) is 2. The van der Waals surface area contributed by atoms with Crippen molar-refractivity contribution < 1.29 is 19.7 Å². The lowest BCUT2D eigenvalue weighted by Crippen LogP contribution is -2.36. The fourth-order valence-electron chi connectivity index (χ4n) is 2.03. The van der Waals surface area contributed by atoms with E-state index in [1.807, 2.05) is 60.7 Å². The topological polar surface area (TPSA) is 58.9 Å². The second-order valence-electron chi connectivity index (χ2n) is 5.09. The summed E-state index contributed by atoms with van der Waals surface area (Å²) >= 11 is 0. The van der Waals surface area contributed by atoms with E-state index in [9.17, 15) is 5.11 Å². The van der Waals surface area contributed by atoms with Gasteiger partial charge in [-0.25, -0.2) is 0 Å². The fraction of sp³-hybridized carbons (Fsp3) is 0.333. The minimum atomic E-state index is -0.959. The summed E-state index contributed by atoms with van der Waals surface area (Å²) in [7, 11) is 0. The molecule has 2 N–H and O–H groups in total. The number of hydrogen-bond acceptors (Lipinski definition) is 4. The van der Waals surface area contributed by atoms with Gasteiger partial charge in [-0.1, -0.05) is 60.7 Å². The van der Waals surface area contributed by atoms with Gasteiger partial charge in [0.05, 0.1) is 26.4 Å². The minimum Gasteiger partial charge on any atom is -0.394 e. The van der Waals surface area contributed by atoms with Crippen molar-refractivity contribution in [2.24, 2.45) is 0 Å². The quantitative estimate of drug-likeness (QED) is 0.745. The van der Waals surface area contributed by atoms with Crippen LogP contribution in [0.3, 0.4) is 0 Å². The first-order valence-electron chi connectivity index (χ1n) is 7.35. The van der Waals surface area contributed by atoms with Crippen LogP contribution in [0, 0.1) is 0 Å². The predicted molar refractivity (Wildman–Crippen MR) is 84.2 cm³/mol. The molecule has 118 valence electrons. The first-order chi connectivity index (χ1) is 10.8. The standard InChI is InChI=1S/C18H22O4/c19-11-17(20)18(22-13-16-9-5-2-6-10-16)14-21-12-15-7-3-1-4-8-15/h1-10,17-20H,11-14H2/t17-,18-/m0/s1. The van der Waals surface area contributed by atoms with Crippen molar-refractivity contribution in [1.29, 1.82) is 0 Å². The zero-order valence-electron chi connectivity index (χ0n) is 12.5. The van der Waals surface area contributed by atoms with Crippen LogP contribution in [0.15, 0.2) is 60.7 Å². The highest BCUT2D eigenvalue weighted by Gasteiger charge is 2.19. The van der Waals surface area contributed by atoms with E-state index >= 15 is 0 Å². The number of benzene rings is 2. The summed E-state index contributed by atoms with van der Waals surface area (Å²) in [4.78, 5) is 0. The highest BCUT2D eigenvalue weighted by Crippen LogP contribution is 2.09. The molecule has 0 aromatic heterocycles. The molecule has 22 heavy (non-hydrogen) atoms. The van der Waals surface area contributed by atoms with Crippen LogP contribution in [0.2, 0.25) is 0 Å². The van der Waals surface area contributed by atoms with Crippen molar-refractivity contribution in [3.8, 4) is 0 Å². The Morgan fingerprint density at radius 3 is 1.91 bits per heavy atom. The van der Waals surface area contributed by atoms with E-state index in [1.165, 1.54) is 0 Å². The molecule has 0 unspecified atom stereocenters. The molecule has 0 saturated heterocycles. The SMILES string of the molecule is OC[C@H](O)[C@H](COCc1ccccc1)OCc1ccccc1. The first kappa shape index (κ1) is 16.6. The monoisotopic (exact) mass is 302 g/mol. The number of aliphatic hydroxyl groups is 2. The van der Waals surface area contributed by atoms with Gasteiger partial charge in [-0.15, -0.1) is 0 Å². The molecule has 0 aliphatic heterocycles. The zero-order chi connectivity index (χ0) is 15.6. The number of rotatable bonds is 9. The maximum Gasteiger partial charge on any atom is 0.109 e. The zero-order valence-corrected chi connectivity index (χ0v) is 12.5. The summed E-state index contributed by atoms with van der Waals surface area (Å²) in [6.07, 6.45) is -1.52. The highest BCUT2D eigenvalue weighted by molar-refractivity contribution is 5.14. The van der Waals surface area contributed by atoms with Gasteiger partial charge in [-0.2, -0.15) is 0 Å². The van der Waals surface area contributed by atoms with Crippen LogP contribution in [-0.2, 0) is 22.7 Å². The van der Waals surface area contributed by atoms with Crippen LogP contribution in [0.4, 0.5) is 0 Å². The average Bonchev–Trinajstić information content (AvgIpc) is 2.59. The molecule has 2 atom stereocenters. The Balaban J connectivity index is 1.81. The highest BCUT2D eigenvalue weighted by atomic mass is 16.5. The third-order valence-electron chi connectivity index (χ3n) is 3.32. The molecule has 0 heterocycles. The van der Waals surface area contributed by atoms with Gasteiger partial charge in [0, 0.05) is 0 Å². The fourth-order valence-corrected chi connectivity index (χ4v) is 2.03. The summed E-state index contributed by atoms with van der Waals surface area (Å²) < 4.78 is 11.3. The Morgan fingerprint density at radius 1 is 0.818 bits per heavy atom. The number of aliphatic hydroxyl groups excluding tert-OH is 2. The minimum absolute atomic E-state index is 0.226. The average molecular weight is 302 g/mol. The third-order valence-corrected chi connectivity index (χ3v) is 3.32. The molecular weight excluding hydrogens is 280 g/mol. The van der Waals surface area contributed by atoms with E-state index in [0.717, 1.165) is 11.1 Å². The van der Waals surface area contributed by atoms with Gasteiger partial charge in [0.2, 0.25) is 0 Å². The molecule has 2 aromatic carbocycles. The van der Waals surface area contributed by atoms with E-state index in [0.29, 0.717) is 13.2 Å². The second kappa shape index (κ2) is 9.33. The Kier molecular flexibility index (Phi) is 7.06. The van der Waals surface area contributed by atoms with Gasteiger partial charge in [-0.05, 0) is 11.1 Å². The van der Waals surface area contributed by atoms with Crippen LogP contribution in [0.25, 0.3) is 0 Å². The maximum absolute atomic E-state index is 9.84. The smallest absolute Gasteiger partial charge is 0.109 e. The van der Waals surface area contributed by atoms with Crippen molar-refractivity contribution in [2.45, 2.75) is 25.4 Å². The first-order valence-corrected chi connectivity index (χ1v) is 7.35. The number of hydrogen-bond donors (Lipinski definition) is 2. The van der Waals surface area contributed by atoms with E-state index in [4.69, 9.17) is 14.6 Å². The summed E-state index contributed by atoms with van der Waals surface area (Å²) in [5.74, 6) is 0. The molecule has 4 heteroatoms. The largest absolute Gasteiger partial charge is 0.394 e. The summed E-state index contributed by atoms with van der Waals surface area (Å²) in [6.45, 7) is 0.694. The molecule has 0 fully saturated rings. The Bertz CT molecular complexity index is 515. The van der Waals surface area contributed by atoms with Crippen molar-refractivity contribution in [3.05, 3.63) is 71.8 Å². The third kappa shape index (κ3) is 5.58. The molecule has 0 bridgehead atoms. The lowest BCUT2D eigenvalue weighted by molar-refractivity contribution is -0.102. The van der Waals surface area contributed by atoms with Crippen LogP contribution in [-0.4, -0.2) is 35.6 Å². The Labute approximate surface area is 130 Å². The second-order valence-corrected chi connectivity index (χ2v) is 5.09. The predicted octanol–water partition coefficient (Wildman–Crippen LogP) is 2.14. The van der Waals surface area contributed by atoms with Crippen LogP contribution in [0.5, 0.6) is 0 Å². The summed E-state index contributed by atoms with van der Waals surface area (Å²) in [5, 5.41) is 19.0. The lowest BCUT2D eigenvalue weighted by Gasteiger charge is -2.22. The van der Waals surface area contributed by atoms with Crippen molar-refractivity contribution in [2.75, 3.05) is 13.2 Å². The van der Waals surface area contributed by atoms with E-state index in [2.05, 4.69) is 0 Å². The molecule has 4 nitrogen and oxygen atoms in total. The molecular formula is C18H22O4. The summed E-state index contributed by atoms with van der Waals surface area (Å²) in [5.41, 5.74) is 2.07. The van der Waals surface area contributed by atoms with Gasteiger partial charge in [0.1, 0.15) is 12.2 Å². The molecule has 0 aliphatic rings. The van der Waals surface area contributed by atoms with Gasteiger partial charge >= 0.3 is 0 Å². The van der Waals surface area contributed by atoms with Gasteiger partial charge < -0.3 is 19.7 Å². The van der Waals surface area contributed by atoms with Gasteiger partial charge in [0.25, 0.3) is 0 Å². The lowest BCUT2D eigenvalue weighted by atomic mass is 10.2. The van der Waals surface area contributed by atoms with Gasteiger partial charge in [-0.3, -0.25) is 0 Å². The molecule has 2 aromatic rings. The molecule has 0 aliphatic carbocycles. The van der Waals surface area contributed by atoms with Crippen LogP contribution in [0.1, 0.15) is 11.1 Å². The van der Waals surface area contributed by atoms with Crippen molar-refractivity contribution in [3.63, 3.8) is 0 Å². The molecule has 0 saturated carbocycles. The molecule has 2 rings (SSSR count). The molecule has 0 spiro atoms. The summed E-state index contributed by atoms with van der Waals surface area (Å²) in [6, 6.07) is 19.5. The molecule has 0 amide bonds. The Hall–Kier alpha value is -1.72. The van der Waals surface area contributed by atoms with Crippen LogP contribution >= 0.6 is 0 Å². The van der Waals surface area contributed by atoms with Crippen molar-refractivity contribution >= 4 is 0 Å². The normalized spacial score (nSPS) is 13.7. The van der Waals surface area contributed by atoms with Crippen LogP contribution < -0.4 is 0 Å². The van der Waals surface area contributed by atoms with E-state index in [1.54, 1.807) is 0 Å². The molecule has 0 radical (unpaired) electrons. The maximum atomic E-state index is 9.84. The van der Waals surface area contributed by atoms with Crippen molar-refractivity contribution in [1.82, 2.24) is 0 Å². The van der Waals surface area contributed by atoms with E-state index < -0.39 is 12.2 Å². The van der Waals surface area contributed by atoms with E-state index in [-0.39, 0.29) is 13.2 Å².